The first kappa shape index (κ1) is 37.8. The largest absolute Gasteiger partial charge is 0.363 e. The summed E-state index contributed by atoms with van der Waals surface area (Å²) in [5.74, 6) is 0. The first-order valence-corrected chi connectivity index (χ1v) is 21.9. The van der Waals surface area contributed by atoms with Crippen LogP contribution in [-0.2, 0) is 16.6 Å². The number of pyridine rings is 1. The Balaban J connectivity index is 1.16. The number of aliphatic hydroxyl groups is 1. The summed E-state index contributed by atoms with van der Waals surface area (Å²) >= 11 is 0. The zero-order chi connectivity index (χ0) is 42.9. The zero-order valence-corrected chi connectivity index (χ0v) is 35.3. The minimum atomic E-state index is -1.63. The third-order valence-electron chi connectivity index (χ3n) is 13.9. The van der Waals surface area contributed by atoms with Gasteiger partial charge in [-0.25, -0.2) is 4.98 Å². The highest BCUT2D eigenvalue weighted by Crippen LogP contribution is 2.59. The second-order valence-electron chi connectivity index (χ2n) is 17.1. The molecule has 0 spiro atoms. The molecule has 1 N–H and O–H groups in total. The van der Waals surface area contributed by atoms with Crippen molar-refractivity contribution >= 4 is 0 Å². The normalized spacial score (nSPS) is 14.8. The van der Waals surface area contributed by atoms with Gasteiger partial charge in [0.2, 0.25) is 0 Å². The minimum absolute atomic E-state index is 0.696. The van der Waals surface area contributed by atoms with Crippen molar-refractivity contribution < 1.29 is 5.11 Å². The number of rotatable bonds is 8. The molecule has 0 radical (unpaired) electrons. The quantitative estimate of drug-likeness (QED) is 0.166. The van der Waals surface area contributed by atoms with Gasteiger partial charge in [0.1, 0.15) is 0 Å². The van der Waals surface area contributed by atoms with Crippen molar-refractivity contribution in [2.24, 2.45) is 0 Å². The lowest BCUT2D eigenvalue weighted by molar-refractivity contribution is 0.0490. The molecule has 0 aliphatic heterocycles. The van der Waals surface area contributed by atoms with E-state index >= 15 is 0 Å². The molecule has 0 saturated carbocycles. The van der Waals surface area contributed by atoms with Crippen LogP contribution in [0.4, 0.5) is 0 Å². The number of hydrogen-bond acceptors (Lipinski definition) is 3. The van der Waals surface area contributed by atoms with E-state index in [0.29, 0.717) is 0 Å². The summed E-state index contributed by atoms with van der Waals surface area (Å²) in [6.45, 7) is 2.15. The summed E-state index contributed by atoms with van der Waals surface area (Å²) in [5, 5.41) is 13.6. The number of benzene rings is 8. The van der Waals surface area contributed by atoms with Gasteiger partial charge in [0, 0.05) is 29.7 Å². The van der Waals surface area contributed by atoms with Crippen LogP contribution in [0.15, 0.2) is 237 Å². The van der Waals surface area contributed by atoms with E-state index in [1.165, 1.54) is 44.5 Å². The van der Waals surface area contributed by atoms with Gasteiger partial charge in [-0.3, -0.25) is 4.98 Å². The van der Waals surface area contributed by atoms with Gasteiger partial charge in [-0.15, -0.1) is 0 Å². The molecule has 4 heteroatoms. The van der Waals surface area contributed by atoms with Gasteiger partial charge in [-0.05, 0) is 103 Å². The second kappa shape index (κ2) is 14.6. The molecular weight excluding hydrogens is 779 g/mol. The van der Waals surface area contributed by atoms with Crippen molar-refractivity contribution in [1.82, 2.24) is 14.5 Å². The van der Waals surface area contributed by atoms with E-state index in [2.05, 4.69) is 182 Å². The number of hydrogen-bond donors (Lipinski definition) is 1. The molecule has 64 heavy (non-hydrogen) atoms. The topological polar surface area (TPSA) is 50.9 Å². The van der Waals surface area contributed by atoms with Crippen molar-refractivity contribution in [3.8, 4) is 33.4 Å². The number of aryl methyl sites for hydroxylation is 1. The molecule has 2 aliphatic rings. The summed E-state index contributed by atoms with van der Waals surface area (Å²) in [5.41, 5.74) is 15.5. The Kier molecular flexibility index (Phi) is 8.62. The van der Waals surface area contributed by atoms with Gasteiger partial charge in [0.25, 0.3) is 0 Å². The van der Waals surface area contributed by atoms with Crippen LogP contribution < -0.4 is 0 Å². The Morgan fingerprint density at radius 2 is 0.953 bits per heavy atom. The van der Waals surface area contributed by atoms with Crippen molar-refractivity contribution in [3.05, 3.63) is 299 Å². The molecule has 0 bridgehead atoms. The average molecular weight is 822 g/mol. The van der Waals surface area contributed by atoms with Crippen LogP contribution in [0.1, 0.15) is 61.3 Å². The van der Waals surface area contributed by atoms with Crippen LogP contribution >= 0.6 is 0 Å². The first-order valence-electron chi connectivity index (χ1n) is 21.9. The van der Waals surface area contributed by atoms with Gasteiger partial charge in [-0.2, -0.15) is 0 Å². The smallest absolute Gasteiger partial charge is 0.196 e. The number of fused-ring (bicyclic) bond motifs is 6. The van der Waals surface area contributed by atoms with Crippen LogP contribution in [0.5, 0.6) is 0 Å². The monoisotopic (exact) mass is 821 g/mol. The fraction of sp³-hybridized carbons (Fsp3) is 0.0667. The predicted molar refractivity (Wildman–Crippen MR) is 256 cm³/mol. The average Bonchev–Trinajstić information content (AvgIpc) is 4.09. The third kappa shape index (κ3) is 5.27. The van der Waals surface area contributed by atoms with Crippen LogP contribution in [0.2, 0.25) is 0 Å². The van der Waals surface area contributed by atoms with Crippen molar-refractivity contribution in [2.75, 3.05) is 0 Å². The number of nitrogens with zero attached hydrogens (tertiary/aromatic N) is 3. The molecule has 304 valence electrons. The predicted octanol–water partition coefficient (Wildman–Crippen LogP) is 12.7. The van der Waals surface area contributed by atoms with Crippen molar-refractivity contribution in [2.45, 2.75) is 23.5 Å². The van der Waals surface area contributed by atoms with Crippen LogP contribution in [-0.4, -0.2) is 19.6 Å². The lowest BCUT2D eigenvalue weighted by Gasteiger charge is -2.38. The van der Waals surface area contributed by atoms with E-state index in [4.69, 9.17) is 4.98 Å². The summed E-state index contributed by atoms with van der Waals surface area (Å²) < 4.78 is 1.82. The second-order valence-corrected chi connectivity index (χ2v) is 17.1. The highest BCUT2D eigenvalue weighted by Gasteiger charge is 2.50. The summed E-state index contributed by atoms with van der Waals surface area (Å²) in [6.07, 6.45) is 7.25. The molecule has 12 rings (SSSR count). The van der Waals surface area contributed by atoms with Gasteiger partial charge >= 0.3 is 0 Å². The molecule has 1 atom stereocenters. The Bertz CT molecular complexity index is 3300. The molecule has 8 aromatic carbocycles. The van der Waals surface area contributed by atoms with Crippen molar-refractivity contribution in [3.63, 3.8) is 0 Å². The Morgan fingerprint density at radius 1 is 0.453 bits per heavy atom. The fourth-order valence-electron chi connectivity index (χ4n) is 11.2. The highest BCUT2D eigenvalue weighted by atomic mass is 16.3. The highest BCUT2D eigenvalue weighted by molar-refractivity contribution is 5.88. The van der Waals surface area contributed by atoms with E-state index in [-0.39, 0.29) is 0 Å². The van der Waals surface area contributed by atoms with E-state index in [1.807, 2.05) is 59.4 Å². The molecule has 10 aromatic rings. The zero-order valence-electron chi connectivity index (χ0n) is 35.3. The van der Waals surface area contributed by atoms with Gasteiger partial charge in [-0.1, -0.05) is 194 Å². The molecule has 0 saturated heterocycles. The third-order valence-corrected chi connectivity index (χ3v) is 13.9. The first-order chi connectivity index (χ1) is 31.5. The summed E-state index contributed by atoms with van der Waals surface area (Å²) in [6, 6.07) is 76.1. The Hall–Kier alpha value is -7.92. The molecule has 1 unspecified atom stereocenters. The molecular formula is C60H43N3O. The minimum Gasteiger partial charge on any atom is -0.363 e. The molecule has 2 heterocycles. The van der Waals surface area contributed by atoms with Crippen molar-refractivity contribution in [1.29, 1.82) is 0 Å². The maximum Gasteiger partial charge on any atom is 0.196 e. The van der Waals surface area contributed by atoms with Crippen LogP contribution in [0.25, 0.3) is 33.4 Å². The molecule has 2 aliphatic carbocycles. The fourth-order valence-corrected chi connectivity index (χ4v) is 11.2. The lowest BCUT2D eigenvalue weighted by atomic mass is 9.64. The van der Waals surface area contributed by atoms with Gasteiger partial charge in [0.15, 0.2) is 5.72 Å². The summed E-state index contributed by atoms with van der Waals surface area (Å²) in [7, 11) is 0. The molecule has 4 nitrogen and oxygen atoms in total. The van der Waals surface area contributed by atoms with Gasteiger partial charge in [0.05, 0.1) is 22.9 Å². The summed E-state index contributed by atoms with van der Waals surface area (Å²) in [4.78, 5) is 9.70. The lowest BCUT2D eigenvalue weighted by Crippen LogP contribution is -2.37. The van der Waals surface area contributed by atoms with Crippen LogP contribution in [0.3, 0.4) is 0 Å². The maximum absolute atomic E-state index is 13.6. The molecule has 0 fully saturated rings. The van der Waals surface area contributed by atoms with E-state index < -0.39 is 16.6 Å². The van der Waals surface area contributed by atoms with E-state index in [9.17, 15) is 5.11 Å². The van der Waals surface area contributed by atoms with E-state index in [1.54, 1.807) is 12.5 Å². The maximum atomic E-state index is 13.6. The standard InChI is InChI=1S/C60H43N3O/c1-41-33-34-62-57(37-41)59(54-30-12-8-26-50(54)51-27-9-13-31-55(51)59)45-21-15-19-43(38-45)58(52-28-10-6-24-48(52)49-25-7-11-29-53(49)58)44-20-16-22-46(39-44)60(64,63-36-35-61-40-63)56-32-14-5-23-47(56)42-17-3-2-4-18-42/h2-40,64H,1H3. The number of aromatic nitrogens is 3. The van der Waals surface area contributed by atoms with E-state index in [0.717, 1.165) is 50.2 Å². The number of imidazole rings is 1. The SMILES string of the molecule is Cc1ccnc(C2(c3cccc(C4(c5cccc(C(O)(c6ccccc6-c6ccccc6)n6ccnc6)c5)c5ccccc5-c5ccccc54)c3)c3ccccc3-c3ccccc32)c1. The van der Waals surface area contributed by atoms with Gasteiger partial charge < -0.3 is 9.67 Å². The Labute approximate surface area is 373 Å². The van der Waals surface area contributed by atoms with Crippen LogP contribution in [0, 0.1) is 6.92 Å². The molecule has 2 aromatic heterocycles. The molecule has 0 amide bonds. The Morgan fingerprint density at radius 3 is 1.53 bits per heavy atom.